The average Bonchev–Trinajstić information content (AvgIpc) is 3.24. The summed E-state index contributed by atoms with van der Waals surface area (Å²) in [5.41, 5.74) is 4.93. The Balaban J connectivity index is 0.000000532. The van der Waals surface area contributed by atoms with Gasteiger partial charge in [-0.05, 0) is 67.6 Å². The number of piperidine rings is 1. The molecule has 0 spiro atoms. The van der Waals surface area contributed by atoms with E-state index in [0.29, 0.717) is 35.8 Å². The van der Waals surface area contributed by atoms with Crippen LogP contribution in [0.1, 0.15) is 62.6 Å². The first-order valence-corrected chi connectivity index (χ1v) is 13.5. The van der Waals surface area contributed by atoms with E-state index in [0.717, 1.165) is 44.2 Å². The van der Waals surface area contributed by atoms with Gasteiger partial charge in [-0.1, -0.05) is 37.1 Å². The van der Waals surface area contributed by atoms with Gasteiger partial charge in [0.15, 0.2) is 0 Å². The van der Waals surface area contributed by atoms with Crippen LogP contribution in [0.2, 0.25) is 5.02 Å². The van der Waals surface area contributed by atoms with Crippen LogP contribution in [-0.4, -0.2) is 53.8 Å². The highest BCUT2D eigenvalue weighted by Gasteiger charge is 2.41. The molecule has 2 saturated heterocycles. The minimum atomic E-state index is -4.49. The molecule has 39 heavy (non-hydrogen) atoms. The monoisotopic (exact) mass is 566 g/mol. The fourth-order valence-electron chi connectivity index (χ4n) is 4.61. The van der Waals surface area contributed by atoms with E-state index in [-0.39, 0.29) is 24.9 Å². The van der Waals surface area contributed by atoms with Crippen molar-refractivity contribution in [1.29, 1.82) is 0 Å². The van der Waals surface area contributed by atoms with Gasteiger partial charge >= 0.3 is 12.2 Å². The Morgan fingerprint density at radius 3 is 2.28 bits per heavy atom. The van der Waals surface area contributed by atoms with Gasteiger partial charge in [0.05, 0.1) is 11.6 Å². The van der Waals surface area contributed by atoms with Gasteiger partial charge in [0.2, 0.25) is 11.8 Å². The molecule has 4 amide bonds. The summed E-state index contributed by atoms with van der Waals surface area (Å²) in [4.78, 5) is 40.6. The molecular formula is C28H34ClF3N4O3. The number of hydrogen-bond acceptors (Lipinski definition) is 3. The lowest BCUT2D eigenvalue weighted by atomic mass is 10.0. The molecule has 2 heterocycles. The van der Waals surface area contributed by atoms with E-state index < -0.39 is 23.8 Å². The Morgan fingerprint density at radius 2 is 1.72 bits per heavy atom. The van der Waals surface area contributed by atoms with E-state index in [1.807, 2.05) is 6.92 Å². The van der Waals surface area contributed by atoms with Crippen molar-refractivity contribution in [2.45, 2.75) is 57.7 Å². The standard InChI is InChI=1S/C23H23ClF3N3O2.C5H11NO/c24-18-7-9-19(10-8-18)30-20(16-5-4-6-17(13-16)23(25,26)27)14-29(22(30)32)15-21(31)28-11-2-1-3-12-28;1-2-3-4-5(6)7/h4-10,13,20H,1-3,11-12,14-15H2;2-4H2,1H3,(H2,6,7). The lowest BCUT2D eigenvalue weighted by molar-refractivity contribution is -0.137. The Bertz CT molecular complexity index is 1140. The molecule has 1 atom stereocenters. The third-order valence-corrected chi connectivity index (χ3v) is 6.95. The van der Waals surface area contributed by atoms with Gasteiger partial charge < -0.3 is 15.5 Å². The zero-order valence-electron chi connectivity index (χ0n) is 21.9. The smallest absolute Gasteiger partial charge is 0.370 e. The van der Waals surface area contributed by atoms with Crippen LogP contribution in [0.25, 0.3) is 0 Å². The van der Waals surface area contributed by atoms with Crippen molar-refractivity contribution in [3.63, 3.8) is 0 Å². The second-order valence-corrected chi connectivity index (χ2v) is 10.1. The Hall–Kier alpha value is -3.27. The first-order valence-electron chi connectivity index (χ1n) is 13.1. The highest BCUT2D eigenvalue weighted by molar-refractivity contribution is 6.30. The van der Waals surface area contributed by atoms with Crippen molar-refractivity contribution in [2.24, 2.45) is 5.73 Å². The number of carbonyl (C=O) groups is 3. The SMILES string of the molecule is CCCCC(N)=O.O=C(CN1CC(c2cccc(C(F)(F)F)c2)N(c2ccc(Cl)cc2)C1=O)N1CCCCC1. The number of likely N-dealkylation sites (tertiary alicyclic amines) is 1. The molecule has 2 fully saturated rings. The van der Waals surface area contributed by atoms with Gasteiger partial charge in [0.25, 0.3) is 0 Å². The predicted octanol–water partition coefficient (Wildman–Crippen LogP) is 6.02. The number of urea groups is 1. The van der Waals surface area contributed by atoms with Gasteiger partial charge in [0, 0.05) is 36.8 Å². The molecule has 0 saturated carbocycles. The normalized spacial score (nSPS) is 17.6. The van der Waals surface area contributed by atoms with Crippen LogP contribution in [0.4, 0.5) is 23.7 Å². The first kappa shape index (κ1) is 30.3. The van der Waals surface area contributed by atoms with Crippen molar-refractivity contribution in [3.05, 3.63) is 64.7 Å². The van der Waals surface area contributed by atoms with Crippen LogP contribution in [-0.2, 0) is 15.8 Å². The van der Waals surface area contributed by atoms with Crippen LogP contribution >= 0.6 is 11.6 Å². The molecule has 2 aliphatic rings. The molecule has 212 valence electrons. The van der Waals surface area contributed by atoms with Crippen LogP contribution in [0.15, 0.2) is 48.5 Å². The zero-order valence-corrected chi connectivity index (χ0v) is 22.7. The lowest BCUT2D eigenvalue weighted by Crippen LogP contribution is -2.44. The number of amides is 4. The third-order valence-electron chi connectivity index (χ3n) is 6.70. The number of hydrogen-bond donors (Lipinski definition) is 1. The molecule has 2 N–H and O–H groups in total. The highest BCUT2D eigenvalue weighted by atomic mass is 35.5. The summed E-state index contributed by atoms with van der Waals surface area (Å²) in [6.45, 7) is 3.38. The van der Waals surface area contributed by atoms with Gasteiger partial charge in [-0.2, -0.15) is 13.2 Å². The topological polar surface area (TPSA) is 87.0 Å². The number of alkyl halides is 3. The van der Waals surface area contributed by atoms with E-state index in [2.05, 4.69) is 0 Å². The third kappa shape index (κ3) is 8.36. The van der Waals surface area contributed by atoms with E-state index >= 15 is 0 Å². The van der Waals surface area contributed by atoms with Crippen LogP contribution in [0, 0.1) is 0 Å². The Labute approximate surface area is 231 Å². The summed E-state index contributed by atoms with van der Waals surface area (Å²) in [5.74, 6) is -0.333. The molecule has 0 bridgehead atoms. The maximum Gasteiger partial charge on any atom is 0.416 e. The van der Waals surface area contributed by atoms with Crippen LogP contribution in [0.5, 0.6) is 0 Å². The summed E-state index contributed by atoms with van der Waals surface area (Å²) in [7, 11) is 0. The van der Waals surface area contributed by atoms with Crippen molar-refractivity contribution in [3.8, 4) is 0 Å². The number of primary amides is 1. The summed E-state index contributed by atoms with van der Waals surface area (Å²) in [6.07, 6.45) is 0.962. The van der Waals surface area contributed by atoms with Crippen LogP contribution in [0.3, 0.4) is 0 Å². The van der Waals surface area contributed by atoms with Crippen molar-refractivity contribution in [2.75, 3.05) is 31.1 Å². The zero-order chi connectivity index (χ0) is 28.6. The minimum Gasteiger partial charge on any atom is -0.370 e. The number of nitrogens with zero attached hydrogens (tertiary/aromatic N) is 3. The number of nitrogens with two attached hydrogens (primary N) is 1. The second-order valence-electron chi connectivity index (χ2n) is 9.66. The fourth-order valence-corrected chi connectivity index (χ4v) is 4.74. The van der Waals surface area contributed by atoms with E-state index in [9.17, 15) is 27.6 Å². The van der Waals surface area contributed by atoms with Gasteiger partial charge in [0.1, 0.15) is 6.54 Å². The molecule has 2 aromatic rings. The molecular weight excluding hydrogens is 533 g/mol. The molecule has 1 unspecified atom stereocenters. The molecule has 0 aliphatic carbocycles. The van der Waals surface area contributed by atoms with E-state index in [1.165, 1.54) is 15.9 Å². The Kier molecular flexibility index (Phi) is 10.6. The summed E-state index contributed by atoms with van der Waals surface area (Å²) >= 11 is 5.97. The van der Waals surface area contributed by atoms with Crippen molar-refractivity contribution in [1.82, 2.24) is 9.80 Å². The number of benzene rings is 2. The maximum absolute atomic E-state index is 13.3. The molecule has 0 radical (unpaired) electrons. The molecule has 7 nitrogen and oxygen atoms in total. The van der Waals surface area contributed by atoms with E-state index in [4.69, 9.17) is 17.3 Å². The molecule has 2 aliphatic heterocycles. The quantitative estimate of drug-likeness (QED) is 0.445. The van der Waals surface area contributed by atoms with E-state index in [1.54, 1.807) is 35.2 Å². The summed E-state index contributed by atoms with van der Waals surface area (Å²) in [6, 6.07) is 10.4. The number of rotatable bonds is 7. The fraction of sp³-hybridized carbons (Fsp3) is 0.464. The molecule has 11 heteroatoms. The van der Waals surface area contributed by atoms with Crippen molar-refractivity contribution < 1.29 is 27.6 Å². The maximum atomic E-state index is 13.3. The Morgan fingerprint density at radius 1 is 1.05 bits per heavy atom. The molecule has 0 aromatic heterocycles. The summed E-state index contributed by atoms with van der Waals surface area (Å²) < 4.78 is 39.9. The van der Waals surface area contributed by atoms with Gasteiger partial charge in [-0.3, -0.25) is 14.5 Å². The lowest BCUT2D eigenvalue weighted by Gasteiger charge is -2.28. The van der Waals surface area contributed by atoms with Crippen molar-refractivity contribution >= 4 is 35.1 Å². The number of unbranched alkanes of at least 4 members (excludes halogenated alkanes) is 1. The number of anilines is 1. The van der Waals surface area contributed by atoms with Crippen LogP contribution < -0.4 is 10.6 Å². The first-order chi connectivity index (χ1) is 18.5. The van der Waals surface area contributed by atoms with Gasteiger partial charge in [-0.25, -0.2) is 4.79 Å². The predicted molar refractivity (Wildman–Crippen MR) is 144 cm³/mol. The summed E-state index contributed by atoms with van der Waals surface area (Å²) in [5, 5.41) is 0.480. The highest BCUT2D eigenvalue weighted by Crippen LogP contribution is 2.37. The second kappa shape index (κ2) is 13.7. The minimum absolute atomic E-state index is 0.0988. The molecule has 4 rings (SSSR count). The molecule has 2 aromatic carbocycles. The number of halogens is 4. The number of carbonyl (C=O) groups excluding carboxylic acids is 3. The largest absolute Gasteiger partial charge is 0.416 e. The average molecular weight is 567 g/mol. The van der Waals surface area contributed by atoms with Gasteiger partial charge in [-0.15, -0.1) is 0 Å².